The molecule has 1 aromatic heterocycles. The lowest BCUT2D eigenvalue weighted by molar-refractivity contribution is -0.143. The van der Waals surface area contributed by atoms with E-state index in [-0.39, 0.29) is 23.9 Å². The Morgan fingerprint density at radius 3 is 2.77 bits per heavy atom. The monoisotopic (exact) mass is 545 g/mol. The zero-order valence-electron chi connectivity index (χ0n) is 22.8. The van der Waals surface area contributed by atoms with Gasteiger partial charge in [-0.3, -0.25) is 4.79 Å². The van der Waals surface area contributed by atoms with Crippen molar-refractivity contribution < 1.29 is 29.3 Å². The first-order chi connectivity index (χ1) is 19.3. The number of carboxylic acid groups (broad SMARTS) is 1. The first kappa shape index (κ1) is 25.4. The van der Waals surface area contributed by atoms with Gasteiger partial charge in [-0.15, -0.1) is 0 Å². The summed E-state index contributed by atoms with van der Waals surface area (Å²) in [6, 6.07) is 10.1. The molecular formula is C31H35N3O6. The topological polar surface area (TPSA) is 124 Å². The highest BCUT2D eigenvalue weighted by atomic mass is 16.5. The van der Waals surface area contributed by atoms with Gasteiger partial charge in [0.15, 0.2) is 11.5 Å². The number of aromatic hydroxyl groups is 1. The van der Waals surface area contributed by atoms with E-state index in [1.165, 1.54) is 29.5 Å². The van der Waals surface area contributed by atoms with Gasteiger partial charge in [0, 0.05) is 29.0 Å². The average Bonchev–Trinajstić information content (AvgIpc) is 3.54. The van der Waals surface area contributed by atoms with Gasteiger partial charge in [-0.05, 0) is 74.2 Å². The van der Waals surface area contributed by atoms with E-state index in [1.807, 2.05) is 12.1 Å². The number of aromatic nitrogens is 1. The van der Waals surface area contributed by atoms with Crippen LogP contribution in [-0.2, 0) is 32.6 Å². The molecule has 0 bridgehead atoms. The molecule has 1 aliphatic heterocycles. The number of fused-ring (bicyclic) bond motifs is 4. The van der Waals surface area contributed by atoms with Crippen molar-refractivity contribution in [3.8, 4) is 11.5 Å². The van der Waals surface area contributed by atoms with Crippen LogP contribution in [0.15, 0.2) is 30.3 Å². The van der Waals surface area contributed by atoms with Crippen molar-refractivity contribution in [1.82, 2.24) is 9.88 Å². The summed E-state index contributed by atoms with van der Waals surface area (Å²) in [5.74, 6) is 0.362. The van der Waals surface area contributed by atoms with E-state index in [0.717, 1.165) is 48.3 Å². The highest BCUT2D eigenvalue weighted by molar-refractivity contribution is 6.02. The lowest BCUT2D eigenvalue weighted by atomic mass is 9.53. The molecule has 1 fully saturated rings. The fourth-order valence-corrected chi connectivity index (χ4v) is 7.90. The molecule has 7 rings (SSSR count). The number of nitrogens with zero attached hydrogens (tertiary/aromatic N) is 1. The zero-order chi connectivity index (χ0) is 27.8. The molecule has 0 spiro atoms. The van der Waals surface area contributed by atoms with E-state index >= 15 is 0 Å². The van der Waals surface area contributed by atoms with Gasteiger partial charge in [0.2, 0.25) is 5.91 Å². The maximum absolute atomic E-state index is 12.6. The number of hydrogen-bond acceptors (Lipinski definition) is 6. The number of ether oxygens (including phenoxy) is 2. The SMILES string of the molecule is CCC12c3c4ccc(O)c3OC1c1[nH]c3c(NC(=O)COCC(=O)O)cccc3c1CC2C(N(C)CC1CC1)C4. The van der Waals surface area contributed by atoms with E-state index in [2.05, 4.69) is 41.3 Å². The third-order valence-corrected chi connectivity index (χ3v) is 9.74. The first-order valence-corrected chi connectivity index (χ1v) is 14.3. The Morgan fingerprint density at radius 1 is 1.20 bits per heavy atom. The van der Waals surface area contributed by atoms with Crippen molar-refractivity contribution in [1.29, 1.82) is 0 Å². The summed E-state index contributed by atoms with van der Waals surface area (Å²) < 4.78 is 11.7. The molecule has 2 aromatic carbocycles. The Bertz CT molecular complexity index is 1530. The Labute approximate surface area is 232 Å². The molecule has 40 heavy (non-hydrogen) atoms. The number of phenolic OH excluding ortho intramolecular Hbond substituents is 1. The lowest BCUT2D eigenvalue weighted by Gasteiger charge is -2.53. The minimum absolute atomic E-state index is 0.191. The summed E-state index contributed by atoms with van der Waals surface area (Å²) in [4.78, 5) is 29.5. The molecule has 4 N–H and O–H groups in total. The molecule has 4 aliphatic rings. The third kappa shape index (κ3) is 3.74. The average molecular weight is 546 g/mol. The van der Waals surface area contributed by atoms with Gasteiger partial charge < -0.3 is 34.9 Å². The van der Waals surface area contributed by atoms with E-state index in [9.17, 15) is 14.7 Å². The van der Waals surface area contributed by atoms with Crippen molar-refractivity contribution in [2.24, 2.45) is 11.8 Å². The van der Waals surface area contributed by atoms with Gasteiger partial charge in [0.1, 0.15) is 19.3 Å². The van der Waals surface area contributed by atoms with Crippen LogP contribution in [-0.4, -0.2) is 64.8 Å². The lowest BCUT2D eigenvalue weighted by Crippen LogP contribution is -2.57. The van der Waals surface area contributed by atoms with Crippen molar-refractivity contribution in [2.45, 2.75) is 56.6 Å². The van der Waals surface area contributed by atoms with Crippen LogP contribution < -0.4 is 10.1 Å². The third-order valence-electron chi connectivity index (χ3n) is 9.74. The smallest absolute Gasteiger partial charge is 0.329 e. The molecule has 2 heterocycles. The van der Waals surface area contributed by atoms with Crippen molar-refractivity contribution in [3.05, 3.63) is 52.7 Å². The number of nitrogens with one attached hydrogen (secondary N) is 2. The second-order valence-electron chi connectivity index (χ2n) is 12.0. The Kier molecular flexibility index (Phi) is 5.87. The maximum Gasteiger partial charge on any atom is 0.329 e. The second-order valence-corrected chi connectivity index (χ2v) is 12.0. The molecule has 3 aromatic rings. The normalized spacial score (nSPS) is 25.9. The summed E-state index contributed by atoms with van der Waals surface area (Å²) in [5.41, 5.74) is 5.81. The summed E-state index contributed by atoms with van der Waals surface area (Å²) >= 11 is 0. The molecule has 9 heteroatoms. The van der Waals surface area contributed by atoms with Crippen LogP contribution in [0.25, 0.3) is 10.9 Å². The number of hydrogen-bond donors (Lipinski definition) is 4. The summed E-state index contributed by atoms with van der Waals surface area (Å²) in [5, 5.41) is 23.7. The molecule has 1 amide bonds. The molecule has 0 saturated heterocycles. The van der Waals surface area contributed by atoms with Gasteiger partial charge in [0.05, 0.1) is 16.9 Å². The van der Waals surface area contributed by atoms with E-state index in [0.29, 0.717) is 23.4 Å². The Balaban J connectivity index is 1.32. The fourth-order valence-electron chi connectivity index (χ4n) is 7.90. The van der Waals surface area contributed by atoms with Crippen molar-refractivity contribution in [3.63, 3.8) is 0 Å². The number of carbonyl (C=O) groups is 2. The number of carbonyl (C=O) groups excluding carboxylic acids is 1. The Hall–Kier alpha value is -3.56. The first-order valence-electron chi connectivity index (χ1n) is 14.3. The molecule has 9 nitrogen and oxygen atoms in total. The number of likely N-dealkylation sites (N-methyl/N-ethyl adjacent to an activating group) is 1. The van der Waals surface area contributed by atoms with Crippen LogP contribution >= 0.6 is 0 Å². The molecule has 0 radical (unpaired) electrons. The minimum atomic E-state index is -1.12. The summed E-state index contributed by atoms with van der Waals surface area (Å²) in [7, 11) is 2.27. The number of rotatable bonds is 9. The van der Waals surface area contributed by atoms with Crippen LogP contribution in [0.4, 0.5) is 5.69 Å². The van der Waals surface area contributed by atoms with Gasteiger partial charge in [-0.2, -0.15) is 0 Å². The molecule has 4 unspecified atom stereocenters. The molecule has 1 saturated carbocycles. The Morgan fingerprint density at radius 2 is 2.02 bits per heavy atom. The number of carboxylic acids is 1. The van der Waals surface area contributed by atoms with E-state index in [1.54, 1.807) is 6.07 Å². The van der Waals surface area contributed by atoms with Gasteiger partial charge in [0.25, 0.3) is 0 Å². The number of amides is 1. The minimum Gasteiger partial charge on any atom is -0.504 e. The fraction of sp³-hybridized carbons (Fsp3) is 0.484. The standard InChI is InChI=1S/C31H35N3O6/c1-3-31-20-12-19-18-5-4-6-21(32-24(36)14-39-15-25(37)38)27(18)33-28(19)30(31)40-29-23(35)10-9-17(26(29)31)11-22(20)34(2)13-16-7-8-16/h4-6,9-10,16,20,22,30,33,35H,3,7-8,11-15H2,1-2H3,(H,32,36)(H,37,38). The quantitative estimate of drug-likeness (QED) is 0.319. The van der Waals surface area contributed by atoms with E-state index in [4.69, 9.17) is 14.6 Å². The number of phenols is 1. The van der Waals surface area contributed by atoms with Crippen LogP contribution in [0.2, 0.25) is 0 Å². The van der Waals surface area contributed by atoms with E-state index < -0.39 is 18.5 Å². The van der Waals surface area contributed by atoms with Gasteiger partial charge in [-0.1, -0.05) is 25.1 Å². The van der Waals surface area contributed by atoms with Gasteiger partial charge in [-0.25, -0.2) is 4.79 Å². The summed E-state index contributed by atoms with van der Waals surface area (Å²) in [6.07, 6.45) is 5.03. The molecular weight excluding hydrogens is 510 g/mol. The largest absolute Gasteiger partial charge is 0.504 e. The predicted molar refractivity (Wildman–Crippen MR) is 149 cm³/mol. The molecule has 210 valence electrons. The van der Waals surface area contributed by atoms with Crippen LogP contribution in [0.1, 0.15) is 54.7 Å². The van der Waals surface area contributed by atoms with Crippen LogP contribution in [0.3, 0.4) is 0 Å². The number of anilines is 1. The zero-order valence-corrected chi connectivity index (χ0v) is 22.8. The second kappa shape index (κ2) is 9.24. The van der Waals surface area contributed by atoms with Crippen LogP contribution in [0, 0.1) is 11.8 Å². The molecule has 4 atom stereocenters. The maximum atomic E-state index is 12.6. The number of para-hydroxylation sites is 1. The van der Waals surface area contributed by atoms with Crippen molar-refractivity contribution >= 4 is 28.5 Å². The van der Waals surface area contributed by atoms with Crippen LogP contribution in [0.5, 0.6) is 11.5 Å². The number of H-pyrrole nitrogens is 1. The highest BCUT2D eigenvalue weighted by Gasteiger charge is 2.63. The number of aliphatic carboxylic acids is 1. The van der Waals surface area contributed by atoms with Crippen molar-refractivity contribution in [2.75, 3.05) is 32.1 Å². The highest BCUT2D eigenvalue weighted by Crippen LogP contribution is 2.66. The number of benzene rings is 2. The predicted octanol–water partition coefficient (Wildman–Crippen LogP) is 4.13. The molecule has 3 aliphatic carbocycles. The summed E-state index contributed by atoms with van der Waals surface area (Å²) in [6.45, 7) is 2.47. The number of aromatic amines is 1. The van der Waals surface area contributed by atoms with Gasteiger partial charge >= 0.3 is 5.97 Å².